The molecule has 194 valence electrons. The smallest absolute Gasteiger partial charge is 0.374 e. The Morgan fingerprint density at radius 2 is 1.70 bits per heavy atom. The number of nitrogens with zero attached hydrogens (tertiary/aromatic N) is 2. The lowest BCUT2D eigenvalue weighted by Crippen LogP contribution is -2.42. The number of aryl methyl sites for hydroxylation is 1. The van der Waals surface area contributed by atoms with Crippen molar-refractivity contribution in [2.45, 2.75) is 30.0 Å². The summed E-state index contributed by atoms with van der Waals surface area (Å²) in [6.07, 6.45) is -4.15. The first-order valence-electron chi connectivity index (χ1n) is 10.6. The molecule has 1 aliphatic rings. The van der Waals surface area contributed by atoms with Crippen LogP contribution in [0.2, 0.25) is 15.1 Å². The summed E-state index contributed by atoms with van der Waals surface area (Å²) in [5.41, 5.74) is -2.17. The molecule has 0 bridgehead atoms. The maximum absolute atomic E-state index is 14.2. The minimum atomic E-state index is -4.84. The summed E-state index contributed by atoms with van der Waals surface area (Å²) in [5, 5.41) is 4.13. The normalized spacial score (nSPS) is 19.1. The Morgan fingerprint density at radius 1 is 1.03 bits per heavy atom. The highest BCUT2D eigenvalue weighted by molar-refractivity contribution is 7.93. The number of benzene rings is 3. The van der Waals surface area contributed by atoms with E-state index in [0.29, 0.717) is 21.0 Å². The zero-order valence-corrected chi connectivity index (χ0v) is 22.4. The van der Waals surface area contributed by atoms with Gasteiger partial charge in [-0.3, -0.25) is 4.79 Å². The van der Waals surface area contributed by atoms with Gasteiger partial charge >= 0.3 is 6.18 Å². The fourth-order valence-electron chi connectivity index (χ4n) is 3.89. The fraction of sp³-hybridized carbons (Fsp3) is 0.200. The number of carbonyl (C=O) groups excluding carboxylic acids is 1. The van der Waals surface area contributed by atoms with Crippen LogP contribution >= 0.6 is 34.8 Å². The van der Waals surface area contributed by atoms with Gasteiger partial charge in [-0.15, -0.1) is 0 Å². The minimum absolute atomic E-state index is 0.0191. The quantitative estimate of drug-likeness (QED) is 0.311. The van der Waals surface area contributed by atoms with Gasteiger partial charge < -0.3 is 4.84 Å². The number of rotatable bonds is 4. The highest BCUT2D eigenvalue weighted by atomic mass is 35.5. The minimum Gasteiger partial charge on any atom is -0.374 e. The van der Waals surface area contributed by atoms with E-state index >= 15 is 0 Å². The number of oxime groups is 1. The molecule has 2 atom stereocenters. The molecular formula is C25H18Cl3F3N2O3S. The second-order valence-electron chi connectivity index (χ2n) is 8.47. The van der Waals surface area contributed by atoms with E-state index in [4.69, 9.17) is 39.6 Å². The molecule has 1 amide bonds. The van der Waals surface area contributed by atoms with Crippen LogP contribution in [0.3, 0.4) is 0 Å². The van der Waals surface area contributed by atoms with Gasteiger partial charge in [-0.2, -0.15) is 17.5 Å². The molecule has 0 saturated carbocycles. The van der Waals surface area contributed by atoms with E-state index in [2.05, 4.69) is 9.52 Å². The van der Waals surface area contributed by atoms with Crippen molar-refractivity contribution < 1.29 is 27.0 Å². The SMILES string of the molecule is Cc1cc(C2=NOC(c3cc(Cl)cc(Cl)c3)(C(F)(F)F)C2)ccc1C(=O)N=S(C)(=O)c1cccc(Cl)c1. The number of amides is 1. The summed E-state index contributed by atoms with van der Waals surface area (Å²) in [7, 11) is -3.09. The predicted molar refractivity (Wildman–Crippen MR) is 138 cm³/mol. The first kappa shape index (κ1) is 27.4. The average Bonchev–Trinajstić information content (AvgIpc) is 3.25. The summed E-state index contributed by atoms with van der Waals surface area (Å²) < 4.78 is 59.7. The molecule has 0 saturated heterocycles. The van der Waals surface area contributed by atoms with Gasteiger partial charge in [0, 0.05) is 43.8 Å². The molecule has 3 aromatic rings. The lowest BCUT2D eigenvalue weighted by atomic mass is 9.86. The third-order valence-electron chi connectivity index (χ3n) is 5.80. The molecule has 5 nitrogen and oxygen atoms in total. The van der Waals surface area contributed by atoms with Crippen LogP contribution in [0.5, 0.6) is 0 Å². The standard InChI is InChI=1S/C25H18Cl3F3N2O3S/c1-14-8-15(6-7-21(14)23(34)33-37(2,35)20-5-3-4-17(26)12-20)22-13-24(36-32-22,25(29,30)31)16-9-18(27)11-19(28)10-16/h3-12H,13H2,1-2H3. The molecule has 2 unspecified atom stereocenters. The monoisotopic (exact) mass is 588 g/mol. The molecule has 3 aromatic carbocycles. The second-order valence-corrected chi connectivity index (χ2v) is 12.0. The van der Waals surface area contributed by atoms with Gasteiger partial charge in [-0.1, -0.05) is 52.1 Å². The van der Waals surface area contributed by atoms with Gasteiger partial charge in [-0.25, -0.2) is 4.21 Å². The maximum Gasteiger partial charge on any atom is 0.435 e. The third kappa shape index (κ3) is 5.50. The van der Waals surface area contributed by atoms with Gasteiger partial charge in [0.25, 0.3) is 11.5 Å². The third-order valence-corrected chi connectivity index (χ3v) is 8.11. The Kier molecular flexibility index (Phi) is 7.38. The Labute approximate surface area is 226 Å². The van der Waals surface area contributed by atoms with Gasteiger partial charge in [0.15, 0.2) is 0 Å². The van der Waals surface area contributed by atoms with Crippen molar-refractivity contribution in [1.29, 1.82) is 0 Å². The number of hydrogen-bond acceptors (Lipinski definition) is 4. The molecule has 4 rings (SSSR count). The number of alkyl halides is 3. The molecule has 0 N–H and O–H groups in total. The molecule has 37 heavy (non-hydrogen) atoms. The molecule has 1 heterocycles. The van der Waals surface area contributed by atoms with Gasteiger partial charge in [-0.05, 0) is 66.6 Å². The van der Waals surface area contributed by atoms with Crippen molar-refractivity contribution in [2.24, 2.45) is 9.52 Å². The lowest BCUT2D eigenvalue weighted by molar-refractivity contribution is -0.275. The van der Waals surface area contributed by atoms with E-state index in [1.54, 1.807) is 25.1 Å². The molecule has 1 aliphatic heterocycles. The second kappa shape index (κ2) is 9.94. The summed E-state index contributed by atoms with van der Waals surface area (Å²) in [6.45, 7) is 1.59. The average molecular weight is 590 g/mol. The van der Waals surface area contributed by atoms with E-state index in [9.17, 15) is 22.2 Å². The van der Waals surface area contributed by atoms with Gasteiger partial charge in [0.2, 0.25) is 0 Å². The molecule has 12 heteroatoms. The molecule has 0 aromatic heterocycles. The Morgan fingerprint density at radius 3 is 2.30 bits per heavy atom. The van der Waals surface area contributed by atoms with Crippen LogP contribution < -0.4 is 0 Å². The van der Waals surface area contributed by atoms with E-state index in [1.165, 1.54) is 36.6 Å². The summed E-state index contributed by atoms with van der Waals surface area (Å²) in [6, 6.07) is 14.2. The summed E-state index contributed by atoms with van der Waals surface area (Å²) in [4.78, 5) is 18.2. The van der Waals surface area contributed by atoms with E-state index in [-0.39, 0.29) is 26.9 Å². The van der Waals surface area contributed by atoms with Crippen molar-refractivity contribution in [1.82, 2.24) is 0 Å². The number of carbonyl (C=O) groups is 1. The molecule has 0 spiro atoms. The predicted octanol–water partition coefficient (Wildman–Crippen LogP) is 7.83. The number of halogens is 6. The molecular weight excluding hydrogens is 572 g/mol. The summed E-state index contributed by atoms with van der Waals surface area (Å²) in [5.74, 6) is -0.737. The van der Waals surface area contributed by atoms with Gasteiger partial charge in [0.1, 0.15) is 0 Å². The Bertz CT molecular complexity index is 1550. The van der Waals surface area contributed by atoms with Crippen LogP contribution in [0, 0.1) is 6.92 Å². The van der Waals surface area contributed by atoms with Crippen LogP contribution in [-0.2, 0) is 20.2 Å². The highest BCUT2D eigenvalue weighted by Crippen LogP contribution is 2.49. The Hall–Kier alpha value is -2.59. The molecule has 0 fully saturated rings. The van der Waals surface area contributed by atoms with Crippen molar-refractivity contribution in [3.8, 4) is 0 Å². The van der Waals surface area contributed by atoms with E-state index in [1.807, 2.05) is 0 Å². The van der Waals surface area contributed by atoms with Crippen molar-refractivity contribution >= 4 is 56.2 Å². The number of hydrogen-bond donors (Lipinski definition) is 0. The van der Waals surface area contributed by atoms with Crippen molar-refractivity contribution in [3.63, 3.8) is 0 Å². The summed E-state index contributed by atoms with van der Waals surface area (Å²) >= 11 is 17.8. The van der Waals surface area contributed by atoms with Crippen LogP contribution in [0.25, 0.3) is 0 Å². The lowest BCUT2D eigenvalue weighted by Gasteiger charge is -2.29. The van der Waals surface area contributed by atoms with Crippen molar-refractivity contribution in [2.75, 3.05) is 6.26 Å². The maximum atomic E-state index is 14.2. The zero-order chi connectivity index (χ0) is 27.2. The largest absolute Gasteiger partial charge is 0.435 e. The first-order valence-corrected chi connectivity index (χ1v) is 13.7. The van der Waals surface area contributed by atoms with Crippen LogP contribution in [-0.4, -0.2) is 28.3 Å². The fourth-order valence-corrected chi connectivity index (χ4v) is 5.87. The van der Waals surface area contributed by atoms with Crippen molar-refractivity contribution in [3.05, 3.63) is 98.0 Å². The zero-order valence-electron chi connectivity index (χ0n) is 19.3. The van der Waals surface area contributed by atoms with Crippen LogP contribution in [0.15, 0.2) is 75.1 Å². The Balaban J connectivity index is 1.65. The molecule has 0 radical (unpaired) electrons. The first-order chi connectivity index (χ1) is 17.2. The highest BCUT2D eigenvalue weighted by Gasteiger charge is 2.62. The van der Waals surface area contributed by atoms with Gasteiger partial charge in [0.05, 0.1) is 15.4 Å². The van der Waals surface area contributed by atoms with E-state index in [0.717, 1.165) is 12.1 Å². The van der Waals surface area contributed by atoms with Crippen LogP contribution in [0.1, 0.15) is 33.5 Å². The van der Waals surface area contributed by atoms with Crippen LogP contribution in [0.4, 0.5) is 13.2 Å². The molecule has 0 aliphatic carbocycles. The van der Waals surface area contributed by atoms with E-state index < -0.39 is 33.8 Å². The topological polar surface area (TPSA) is 68.1 Å².